The molecule has 1 aromatic rings. The van der Waals surface area contributed by atoms with Crippen molar-refractivity contribution in [2.45, 2.75) is 6.61 Å². The number of anilines is 2. The van der Waals surface area contributed by atoms with Crippen molar-refractivity contribution in [3.63, 3.8) is 0 Å². The quantitative estimate of drug-likeness (QED) is 0.557. The molecule has 0 amide bonds. The number of ether oxygens (including phenoxy) is 2. The lowest BCUT2D eigenvalue weighted by Gasteiger charge is -2.19. The molecule has 0 spiro atoms. The van der Waals surface area contributed by atoms with Crippen LogP contribution in [-0.4, -0.2) is 6.79 Å². The summed E-state index contributed by atoms with van der Waals surface area (Å²) in [5, 5.41) is 0. The van der Waals surface area contributed by atoms with Gasteiger partial charge >= 0.3 is 0 Å². The zero-order valence-electron chi connectivity index (χ0n) is 6.54. The molecule has 0 unspecified atom stereocenters. The number of hydrogen-bond acceptors (Lipinski definition) is 4. The van der Waals surface area contributed by atoms with Crippen LogP contribution in [0.25, 0.3) is 0 Å². The summed E-state index contributed by atoms with van der Waals surface area (Å²) in [7, 11) is 0. The molecular formula is C8H10N2O2. The van der Waals surface area contributed by atoms with Gasteiger partial charge in [0.1, 0.15) is 0 Å². The highest BCUT2D eigenvalue weighted by atomic mass is 16.7. The molecule has 0 atom stereocenters. The van der Waals surface area contributed by atoms with Crippen molar-refractivity contribution in [1.82, 2.24) is 0 Å². The minimum atomic E-state index is 0.265. The number of rotatable bonds is 0. The van der Waals surface area contributed by atoms with Crippen LogP contribution in [0, 0.1) is 0 Å². The van der Waals surface area contributed by atoms with E-state index in [1.54, 1.807) is 6.07 Å². The first-order chi connectivity index (χ1) is 5.77. The highest BCUT2D eigenvalue weighted by Gasteiger charge is 2.13. The summed E-state index contributed by atoms with van der Waals surface area (Å²) in [4.78, 5) is 0. The van der Waals surface area contributed by atoms with E-state index in [1.807, 2.05) is 6.07 Å². The van der Waals surface area contributed by atoms with Crippen LogP contribution in [0.5, 0.6) is 5.75 Å². The fraction of sp³-hybridized carbons (Fsp3) is 0.250. The van der Waals surface area contributed by atoms with Crippen LogP contribution in [-0.2, 0) is 11.3 Å². The van der Waals surface area contributed by atoms with Gasteiger partial charge in [-0.3, -0.25) is 0 Å². The van der Waals surface area contributed by atoms with Gasteiger partial charge in [-0.05, 0) is 12.1 Å². The maximum atomic E-state index is 5.68. The highest BCUT2D eigenvalue weighted by Crippen LogP contribution is 2.32. The smallest absolute Gasteiger partial charge is 0.189 e. The van der Waals surface area contributed by atoms with Crippen molar-refractivity contribution in [2.24, 2.45) is 0 Å². The molecule has 0 saturated carbocycles. The summed E-state index contributed by atoms with van der Waals surface area (Å²) in [5.41, 5.74) is 13.4. The summed E-state index contributed by atoms with van der Waals surface area (Å²) in [6.45, 7) is 0.783. The van der Waals surface area contributed by atoms with Gasteiger partial charge in [0.05, 0.1) is 12.3 Å². The molecule has 2 rings (SSSR count). The van der Waals surface area contributed by atoms with Crippen molar-refractivity contribution in [1.29, 1.82) is 0 Å². The third-order valence-electron chi connectivity index (χ3n) is 1.76. The van der Waals surface area contributed by atoms with Gasteiger partial charge in [0.2, 0.25) is 0 Å². The molecule has 1 aliphatic heterocycles. The Morgan fingerprint density at radius 1 is 1.25 bits per heavy atom. The zero-order valence-corrected chi connectivity index (χ0v) is 6.54. The van der Waals surface area contributed by atoms with Crippen LogP contribution < -0.4 is 16.2 Å². The van der Waals surface area contributed by atoms with E-state index in [1.165, 1.54) is 0 Å². The van der Waals surface area contributed by atoms with Crippen LogP contribution in [0.2, 0.25) is 0 Å². The Kier molecular flexibility index (Phi) is 1.55. The summed E-state index contributed by atoms with van der Waals surface area (Å²) in [6, 6.07) is 3.50. The van der Waals surface area contributed by atoms with Gasteiger partial charge in [-0.15, -0.1) is 0 Å². The molecule has 4 N–H and O–H groups in total. The minimum absolute atomic E-state index is 0.265. The van der Waals surface area contributed by atoms with Crippen molar-refractivity contribution in [2.75, 3.05) is 18.3 Å². The molecule has 1 aromatic carbocycles. The van der Waals surface area contributed by atoms with Crippen LogP contribution in [0.15, 0.2) is 12.1 Å². The molecule has 1 aliphatic rings. The summed E-state index contributed by atoms with van der Waals surface area (Å²) < 4.78 is 10.3. The standard InChI is InChI=1S/C8H10N2O2/c9-6-1-5-3-11-4-12-8(5)7(10)2-6/h1-2H,3-4,9-10H2. The van der Waals surface area contributed by atoms with Crippen LogP contribution in [0.3, 0.4) is 0 Å². The number of nitrogen functional groups attached to an aromatic ring is 2. The topological polar surface area (TPSA) is 70.5 Å². The third kappa shape index (κ3) is 1.06. The molecule has 12 heavy (non-hydrogen) atoms. The van der Waals surface area contributed by atoms with E-state index in [-0.39, 0.29) is 6.79 Å². The second-order valence-electron chi connectivity index (χ2n) is 2.71. The van der Waals surface area contributed by atoms with Crippen LogP contribution >= 0.6 is 0 Å². The van der Waals surface area contributed by atoms with Gasteiger partial charge in [-0.2, -0.15) is 0 Å². The maximum absolute atomic E-state index is 5.68. The van der Waals surface area contributed by atoms with E-state index in [4.69, 9.17) is 20.9 Å². The molecule has 0 fully saturated rings. The molecule has 1 heterocycles. The molecule has 4 nitrogen and oxygen atoms in total. The van der Waals surface area contributed by atoms with E-state index in [2.05, 4.69) is 0 Å². The first kappa shape index (κ1) is 7.24. The van der Waals surface area contributed by atoms with Gasteiger partial charge in [-0.25, -0.2) is 0 Å². The minimum Gasteiger partial charge on any atom is -0.465 e. The first-order valence-corrected chi connectivity index (χ1v) is 3.66. The predicted octanol–water partition coefficient (Wildman–Crippen LogP) is 0.718. The fourth-order valence-electron chi connectivity index (χ4n) is 1.27. The van der Waals surface area contributed by atoms with E-state index < -0.39 is 0 Å². The van der Waals surface area contributed by atoms with Crippen LogP contribution in [0.1, 0.15) is 5.56 Å². The molecule has 0 aliphatic carbocycles. The normalized spacial score (nSPS) is 15.0. The number of fused-ring (bicyclic) bond motifs is 1. The Balaban J connectivity index is 2.53. The lowest BCUT2D eigenvalue weighted by Crippen LogP contribution is -2.13. The molecule has 4 heteroatoms. The molecule has 0 radical (unpaired) electrons. The molecule has 0 saturated heterocycles. The van der Waals surface area contributed by atoms with E-state index >= 15 is 0 Å². The SMILES string of the molecule is Nc1cc(N)c2c(c1)COCO2. The fourth-order valence-corrected chi connectivity index (χ4v) is 1.27. The average molecular weight is 166 g/mol. The van der Waals surface area contributed by atoms with Crippen molar-refractivity contribution in [3.8, 4) is 5.75 Å². The van der Waals surface area contributed by atoms with E-state index in [0.29, 0.717) is 23.7 Å². The van der Waals surface area contributed by atoms with Crippen molar-refractivity contribution >= 4 is 11.4 Å². The Morgan fingerprint density at radius 2 is 2.08 bits per heavy atom. The van der Waals surface area contributed by atoms with Crippen molar-refractivity contribution < 1.29 is 9.47 Å². The largest absolute Gasteiger partial charge is 0.465 e. The Hall–Kier alpha value is -1.42. The Labute approximate surface area is 70.1 Å². The van der Waals surface area contributed by atoms with Crippen LogP contribution in [0.4, 0.5) is 11.4 Å². The van der Waals surface area contributed by atoms with Gasteiger partial charge in [0.25, 0.3) is 0 Å². The molecule has 64 valence electrons. The monoisotopic (exact) mass is 166 g/mol. The molecule has 0 bridgehead atoms. The summed E-state index contributed by atoms with van der Waals surface area (Å²) in [5.74, 6) is 0.704. The highest BCUT2D eigenvalue weighted by molar-refractivity contribution is 5.64. The number of benzene rings is 1. The Bertz CT molecular complexity index is 312. The predicted molar refractivity (Wildman–Crippen MR) is 45.6 cm³/mol. The Morgan fingerprint density at radius 3 is 2.92 bits per heavy atom. The first-order valence-electron chi connectivity index (χ1n) is 3.66. The second kappa shape index (κ2) is 2.57. The molecular weight excluding hydrogens is 156 g/mol. The van der Waals surface area contributed by atoms with Gasteiger partial charge in [0, 0.05) is 11.3 Å². The summed E-state index contributed by atoms with van der Waals surface area (Å²) >= 11 is 0. The average Bonchev–Trinajstić information content (AvgIpc) is 2.04. The van der Waals surface area contributed by atoms with E-state index in [0.717, 1.165) is 5.56 Å². The number of hydrogen-bond donors (Lipinski definition) is 2. The second-order valence-corrected chi connectivity index (χ2v) is 2.71. The maximum Gasteiger partial charge on any atom is 0.189 e. The van der Waals surface area contributed by atoms with Gasteiger partial charge < -0.3 is 20.9 Å². The van der Waals surface area contributed by atoms with Crippen molar-refractivity contribution in [3.05, 3.63) is 17.7 Å². The lowest BCUT2D eigenvalue weighted by atomic mass is 10.1. The molecule has 0 aromatic heterocycles. The van der Waals surface area contributed by atoms with E-state index in [9.17, 15) is 0 Å². The van der Waals surface area contributed by atoms with Gasteiger partial charge in [0.15, 0.2) is 12.5 Å². The zero-order chi connectivity index (χ0) is 8.55. The summed E-state index contributed by atoms with van der Waals surface area (Å²) in [6.07, 6.45) is 0. The third-order valence-corrected chi connectivity index (χ3v) is 1.76. The number of nitrogens with two attached hydrogens (primary N) is 2. The van der Waals surface area contributed by atoms with Gasteiger partial charge in [-0.1, -0.05) is 0 Å². The lowest BCUT2D eigenvalue weighted by molar-refractivity contribution is -0.0157.